The van der Waals surface area contributed by atoms with Crippen LogP contribution in [0.25, 0.3) is 0 Å². The quantitative estimate of drug-likeness (QED) is 0.353. The minimum Gasteiger partial charge on any atom is -0.381 e. The summed E-state index contributed by atoms with van der Waals surface area (Å²) in [6.45, 7) is 6.52. The number of anilines is 2. The first-order chi connectivity index (χ1) is 8.76. The van der Waals surface area contributed by atoms with Crippen molar-refractivity contribution in [2.75, 3.05) is 30.5 Å². The molecule has 1 rings (SSSR count). The molecule has 0 saturated carbocycles. The van der Waals surface area contributed by atoms with Crippen molar-refractivity contribution < 1.29 is 4.74 Å². The lowest BCUT2D eigenvalue weighted by atomic mass is 10.3. The molecule has 1 heterocycles. The van der Waals surface area contributed by atoms with Gasteiger partial charge in [0, 0.05) is 31.5 Å². The summed E-state index contributed by atoms with van der Waals surface area (Å²) in [5, 5.41) is 3.22. The van der Waals surface area contributed by atoms with E-state index in [2.05, 4.69) is 27.6 Å². The van der Waals surface area contributed by atoms with Gasteiger partial charge in [-0.3, -0.25) is 5.43 Å². The third kappa shape index (κ3) is 5.79. The Kier molecular flexibility index (Phi) is 7.05. The number of hydrogen-bond acceptors (Lipinski definition) is 6. The van der Waals surface area contributed by atoms with E-state index in [0.717, 1.165) is 44.1 Å². The number of hydrazine groups is 1. The van der Waals surface area contributed by atoms with Crippen LogP contribution in [-0.2, 0) is 4.74 Å². The van der Waals surface area contributed by atoms with Crippen molar-refractivity contribution in [2.45, 2.75) is 33.1 Å². The van der Waals surface area contributed by atoms with Gasteiger partial charge in [0.15, 0.2) is 0 Å². The van der Waals surface area contributed by atoms with Crippen molar-refractivity contribution in [3.8, 4) is 0 Å². The van der Waals surface area contributed by atoms with Crippen molar-refractivity contribution in [3.63, 3.8) is 0 Å². The van der Waals surface area contributed by atoms with Crippen molar-refractivity contribution in [1.82, 2.24) is 9.97 Å². The van der Waals surface area contributed by atoms with Gasteiger partial charge in [0.2, 0.25) is 5.95 Å². The second-order valence-corrected chi connectivity index (χ2v) is 4.11. The molecular formula is C12H23N5O. The van der Waals surface area contributed by atoms with Crippen LogP contribution in [0.2, 0.25) is 0 Å². The van der Waals surface area contributed by atoms with E-state index in [9.17, 15) is 0 Å². The highest BCUT2D eigenvalue weighted by atomic mass is 16.5. The molecule has 0 unspecified atom stereocenters. The molecule has 0 aliphatic rings. The van der Waals surface area contributed by atoms with Crippen LogP contribution in [0.3, 0.4) is 0 Å². The Morgan fingerprint density at radius 1 is 1.28 bits per heavy atom. The second kappa shape index (κ2) is 8.66. The number of rotatable bonds is 9. The average Bonchev–Trinajstić information content (AvgIpc) is 2.37. The number of nitrogens with two attached hydrogens (primary N) is 1. The summed E-state index contributed by atoms with van der Waals surface area (Å²) in [5.41, 5.74) is 3.32. The molecule has 0 spiro atoms. The van der Waals surface area contributed by atoms with Crippen LogP contribution in [0.15, 0.2) is 6.07 Å². The van der Waals surface area contributed by atoms with Gasteiger partial charge in [-0.25, -0.2) is 10.8 Å². The lowest BCUT2D eigenvalue weighted by Gasteiger charge is -2.08. The molecule has 0 bridgehead atoms. The normalized spacial score (nSPS) is 10.4. The molecule has 0 aliphatic heterocycles. The van der Waals surface area contributed by atoms with Crippen LogP contribution in [0, 0.1) is 6.92 Å². The summed E-state index contributed by atoms with van der Waals surface area (Å²) in [7, 11) is 0. The number of nitrogen functional groups attached to an aromatic ring is 1. The minimum absolute atomic E-state index is 0.427. The third-order valence-corrected chi connectivity index (χ3v) is 2.40. The van der Waals surface area contributed by atoms with E-state index in [4.69, 9.17) is 10.6 Å². The predicted octanol–water partition coefficient (Wildman–Crippen LogP) is 1.69. The predicted molar refractivity (Wildman–Crippen MR) is 73.4 cm³/mol. The molecule has 0 amide bonds. The van der Waals surface area contributed by atoms with Crippen LogP contribution in [0.1, 0.15) is 31.9 Å². The van der Waals surface area contributed by atoms with Crippen LogP contribution in [0.5, 0.6) is 0 Å². The maximum atomic E-state index is 5.48. The molecule has 1 aromatic heterocycles. The minimum atomic E-state index is 0.427. The molecule has 102 valence electrons. The molecule has 0 aliphatic carbocycles. The van der Waals surface area contributed by atoms with Gasteiger partial charge in [0.1, 0.15) is 5.82 Å². The Labute approximate surface area is 108 Å². The fourth-order valence-corrected chi connectivity index (χ4v) is 1.46. The second-order valence-electron chi connectivity index (χ2n) is 4.11. The van der Waals surface area contributed by atoms with Gasteiger partial charge in [0.25, 0.3) is 0 Å². The Hall–Kier alpha value is -1.40. The topological polar surface area (TPSA) is 85.1 Å². The number of nitrogens with one attached hydrogen (secondary N) is 2. The van der Waals surface area contributed by atoms with Crippen molar-refractivity contribution in [3.05, 3.63) is 11.8 Å². The van der Waals surface area contributed by atoms with E-state index in [1.54, 1.807) is 0 Å². The SMILES string of the molecule is CCCCOCCCNc1cc(C)nc(NN)n1. The van der Waals surface area contributed by atoms with Gasteiger partial charge in [-0.2, -0.15) is 4.98 Å². The Morgan fingerprint density at radius 2 is 2.06 bits per heavy atom. The highest BCUT2D eigenvalue weighted by molar-refractivity contribution is 5.41. The monoisotopic (exact) mass is 253 g/mol. The molecule has 0 saturated heterocycles. The summed E-state index contributed by atoms with van der Waals surface area (Å²) in [4.78, 5) is 8.32. The Balaban J connectivity index is 2.20. The number of nitrogens with zero attached hydrogens (tertiary/aromatic N) is 2. The zero-order valence-corrected chi connectivity index (χ0v) is 11.2. The highest BCUT2D eigenvalue weighted by Crippen LogP contribution is 2.08. The summed E-state index contributed by atoms with van der Waals surface area (Å²) < 4.78 is 5.48. The molecule has 18 heavy (non-hydrogen) atoms. The molecular weight excluding hydrogens is 230 g/mol. The zero-order chi connectivity index (χ0) is 13.2. The summed E-state index contributed by atoms with van der Waals surface area (Å²) in [6.07, 6.45) is 3.26. The van der Waals surface area contributed by atoms with Crippen LogP contribution < -0.4 is 16.6 Å². The van der Waals surface area contributed by atoms with Crippen LogP contribution in [0.4, 0.5) is 11.8 Å². The fraction of sp³-hybridized carbons (Fsp3) is 0.667. The van der Waals surface area contributed by atoms with Crippen molar-refractivity contribution in [2.24, 2.45) is 5.84 Å². The standard InChI is InChI=1S/C12H23N5O/c1-3-4-7-18-8-5-6-14-11-9-10(2)15-12(16-11)17-13/h9H,3-8,13H2,1-2H3,(H2,14,15,16,17). The lowest BCUT2D eigenvalue weighted by molar-refractivity contribution is 0.131. The molecule has 0 radical (unpaired) electrons. The number of unbranched alkanes of at least 4 members (excludes halogenated alkanes) is 1. The third-order valence-electron chi connectivity index (χ3n) is 2.40. The smallest absolute Gasteiger partial charge is 0.239 e. The number of aromatic nitrogens is 2. The largest absolute Gasteiger partial charge is 0.381 e. The van der Waals surface area contributed by atoms with Gasteiger partial charge in [0.05, 0.1) is 0 Å². The van der Waals surface area contributed by atoms with E-state index in [0.29, 0.717) is 5.95 Å². The molecule has 0 atom stereocenters. The van der Waals surface area contributed by atoms with Gasteiger partial charge < -0.3 is 10.1 Å². The van der Waals surface area contributed by atoms with Gasteiger partial charge >= 0.3 is 0 Å². The molecule has 6 nitrogen and oxygen atoms in total. The maximum absolute atomic E-state index is 5.48. The summed E-state index contributed by atoms with van der Waals surface area (Å²) >= 11 is 0. The first-order valence-electron chi connectivity index (χ1n) is 6.40. The molecule has 0 aromatic carbocycles. The van der Waals surface area contributed by atoms with E-state index in [1.165, 1.54) is 6.42 Å². The van der Waals surface area contributed by atoms with E-state index in [-0.39, 0.29) is 0 Å². The lowest BCUT2D eigenvalue weighted by Crippen LogP contribution is -2.13. The van der Waals surface area contributed by atoms with Gasteiger partial charge in [-0.05, 0) is 19.8 Å². The average molecular weight is 253 g/mol. The summed E-state index contributed by atoms with van der Waals surface area (Å²) in [5.74, 6) is 6.50. The van der Waals surface area contributed by atoms with Gasteiger partial charge in [-0.1, -0.05) is 13.3 Å². The number of hydrogen-bond donors (Lipinski definition) is 3. The number of aryl methyl sites for hydroxylation is 1. The van der Waals surface area contributed by atoms with Crippen molar-refractivity contribution >= 4 is 11.8 Å². The molecule has 4 N–H and O–H groups in total. The maximum Gasteiger partial charge on any atom is 0.239 e. The van der Waals surface area contributed by atoms with Gasteiger partial charge in [-0.15, -0.1) is 0 Å². The number of ether oxygens (including phenoxy) is 1. The van der Waals surface area contributed by atoms with Crippen molar-refractivity contribution in [1.29, 1.82) is 0 Å². The molecule has 6 heteroatoms. The molecule has 1 aromatic rings. The van der Waals surface area contributed by atoms with Crippen LogP contribution >= 0.6 is 0 Å². The molecule has 0 fully saturated rings. The van der Waals surface area contributed by atoms with E-state index in [1.807, 2.05) is 13.0 Å². The first kappa shape index (κ1) is 14.7. The summed E-state index contributed by atoms with van der Waals surface area (Å²) in [6, 6.07) is 1.89. The van der Waals surface area contributed by atoms with E-state index < -0.39 is 0 Å². The van der Waals surface area contributed by atoms with E-state index >= 15 is 0 Å². The zero-order valence-electron chi connectivity index (χ0n) is 11.2. The highest BCUT2D eigenvalue weighted by Gasteiger charge is 1.99. The Morgan fingerprint density at radius 3 is 2.78 bits per heavy atom. The fourth-order valence-electron chi connectivity index (χ4n) is 1.46. The first-order valence-corrected chi connectivity index (χ1v) is 6.40. The Bertz CT molecular complexity index is 345. The van der Waals surface area contributed by atoms with Crippen LogP contribution in [-0.4, -0.2) is 29.7 Å².